The molecule has 1 aromatic heterocycles. The molecule has 3 nitrogen and oxygen atoms in total. The van der Waals surface area contributed by atoms with E-state index in [2.05, 4.69) is 55.0 Å². The van der Waals surface area contributed by atoms with Crippen LogP contribution in [0.2, 0.25) is 0 Å². The van der Waals surface area contributed by atoms with Crippen molar-refractivity contribution in [2.24, 2.45) is 5.92 Å². The molecule has 0 aliphatic carbocycles. The lowest BCUT2D eigenvalue weighted by Gasteiger charge is -2.13. The van der Waals surface area contributed by atoms with E-state index in [9.17, 15) is 4.39 Å². The standard InChI is InChI=1S/C32H51FN2O/c1-4-6-8-9-10-11-12-13-14-18-28-20-22-29(23-21-28)32-34-24-31(25-35-32)36-26-30(33)19-15-17-27(3)16-7-5-2/h20-25,27,30H,4-19,26H2,1-3H3. The molecule has 4 heteroatoms. The second-order valence-electron chi connectivity index (χ2n) is 10.6. The van der Waals surface area contributed by atoms with Gasteiger partial charge in [0.25, 0.3) is 0 Å². The summed E-state index contributed by atoms with van der Waals surface area (Å²) in [5.74, 6) is 1.89. The van der Waals surface area contributed by atoms with Crippen LogP contribution in [0.4, 0.5) is 4.39 Å². The summed E-state index contributed by atoms with van der Waals surface area (Å²) in [5, 5.41) is 0. The Bertz CT molecular complexity index is 778. The number of nitrogens with zero attached hydrogens (tertiary/aromatic N) is 2. The summed E-state index contributed by atoms with van der Waals surface area (Å²) in [6.45, 7) is 6.82. The van der Waals surface area contributed by atoms with Crippen molar-refractivity contribution in [1.29, 1.82) is 0 Å². The summed E-state index contributed by atoms with van der Waals surface area (Å²) in [5.41, 5.74) is 2.37. The number of hydrogen-bond donors (Lipinski definition) is 0. The van der Waals surface area contributed by atoms with Crippen molar-refractivity contribution in [1.82, 2.24) is 9.97 Å². The fourth-order valence-corrected chi connectivity index (χ4v) is 4.65. The summed E-state index contributed by atoms with van der Waals surface area (Å²) in [4.78, 5) is 8.87. The fraction of sp³-hybridized carbons (Fsp3) is 0.688. The van der Waals surface area contributed by atoms with Gasteiger partial charge in [-0.1, -0.05) is 129 Å². The zero-order valence-electron chi connectivity index (χ0n) is 23.3. The quantitative estimate of drug-likeness (QED) is 0.161. The minimum absolute atomic E-state index is 0.0690. The zero-order chi connectivity index (χ0) is 25.8. The topological polar surface area (TPSA) is 35.0 Å². The molecule has 0 saturated carbocycles. The van der Waals surface area contributed by atoms with Gasteiger partial charge >= 0.3 is 0 Å². The van der Waals surface area contributed by atoms with Gasteiger partial charge in [0, 0.05) is 5.56 Å². The molecule has 2 atom stereocenters. The minimum Gasteiger partial charge on any atom is -0.487 e. The largest absolute Gasteiger partial charge is 0.487 e. The monoisotopic (exact) mass is 498 g/mol. The van der Waals surface area contributed by atoms with Crippen LogP contribution in [0.15, 0.2) is 36.7 Å². The Balaban J connectivity index is 1.62. The molecule has 0 spiro atoms. The third-order valence-corrected chi connectivity index (χ3v) is 7.10. The van der Waals surface area contributed by atoms with Gasteiger partial charge in [-0.25, -0.2) is 14.4 Å². The van der Waals surface area contributed by atoms with Crippen LogP contribution in [-0.2, 0) is 6.42 Å². The predicted molar refractivity (Wildman–Crippen MR) is 151 cm³/mol. The molecule has 1 heterocycles. The number of unbranched alkanes of at least 4 members (excludes halogenated alkanes) is 9. The first kappa shape index (κ1) is 30.3. The average molecular weight is 499 g/mol. The second-order valence-corrected chi connectivity index (χ2v) is 10.6. The van der Waals surface area contributed by atoms with E-state index in [0.717, 1.165) is 24.8 Å². The van der Waals surface area contributed by atoms with Gasteiger partial charge in [-0.2, -0.15) is 0 Å². The number of halogens is 1. The van der Waals surface area contributed by atoms with E-state index < -0.39 is 6.17 Å². The van der Waals surface area contributed by atoms with Gasteiger partial charge in [0.1, 0.15) is 12.8 Å². The first-order valence-corrected chi connectivity index (χ1v) is 14.8. The van der Waals surface area contributed by atoms with Crippen LogP contribution >= 0.6 is 0 Å². The highest BCUT2D eigenvalue weighted by Gasteiger charge is 2.10. The lowest BCUT2D eigenvalue weighted by molar-refractivity contribution is 0.181. The number of hydrogen-bond acceptors (Lipinski definition) is 3. The Morgan fingerprint density at radius 3 is 1.94 bits per heavy atom. The Hall–Kier alpha value is -1.97. The predicted octanol–water partition coefficient (Wildman–Crippen LogP) is 9.93. The highest BCUT2D eigenvalue weighted by Crippen LogP contribution is 2.20. The Labute approximate surface area is 220 Å². The number of benzene rings is 1. The second kappa shape index (κ2) is 19.2. The number of aromatic nitrogens is 2. The molecular formula is C32H51FN2O. The van der Waals surface area contributed by atoms with Gasteiger partial charge in [0.2, 0.25) is 0 Å². The van der Waals surface area contributed by atoms with Crippen LogP contribution in [-0.4, -0.2) is 22.7 Å². The Morgan fingerprint density at radius 2 is 1.31 bits per heavy atom. The Kier molecular flexibility index (Phi) is 16.1. The van der Waals surface area contributed by atoms with E-state index in [0.29, 0.717) is 23.9 Å². The van der Waals surface area contributed by atoms with Crippen LogP contribution in [0.3, 0.4) is 0 Å². The molecule has 2 unspecified atom stereocenters. The first-order chi connectivity index (χ1) is 17.6. The Morgan fingerprint density at radius 1 is 0.722 bits per heavy atom. The van der Waals surface area contributed by atoms with Crippen molar-refractivity contribution in [3.63, 3.8) is 0 Å². The fourth-order valence-electron chi connectivity index (χ4n) is 4.65. The highest BCUT2D eigenvalue weighted by molar-refractivity contribution is 5.55. The molecule has 0 bridgehead atoms. The van der Waals surface area contributed by atoms with Crippen molar-refractivity contribution in [3.8, 4) is 17.1 Å². The van der Waals surface area contributed by atoms with Crippen LogP contribution in [0.1, 0.15) is 123 Å². The molecule has 0 saturated heterocycles. The summed E-state index contributed by atoms with van der Waals surface area (Å²) >= 11 is 0. The highest BCUT2D eigenvalue weighted by atomic mass is 19.1. The smallest absolute Gasteiger partial charge is 0.159 e. The van der Waals surface area contributed by atoms with E-state index >= 15 is 0 Å². The van der Waals surface area contributed by atoms with Crippen molar-refractivity contribution < 1.29 is 9.13 Å². The molecule has 1 aromatic carbocycles. The van der Waals surface area contributed by atoms with Crippen molar-refractivity contribution in [2.75, 3.05) is 6.61 Å². The van der Waals surface area contributed by atoms with Crippen LogP contribution in [0, 0.1) is 5.92 Å². The normalized spacial score (nSPS) is 13.0. The molecule has 36 heavy (non-hydrogen) atoms. The number of alkyl halides is 1. The summed E-state index contributed by atoms with van der Waals surface area (Å²) < 4.78 is 19.8. The average Bonchev–Trinajstić information content (AvgIpc) is 2.90. The molecule has 0 aliphatic heterocycles. The van der Waals surface area contributed by atoms with E-state index in [1.165, 1.54) is 82.6 Å². The maximum atomic E-state index is 14.2. The zero-order valence-corrected chi connectivity index (χ0v) is 23.3. The van der Waals surface area contributed by atoms with Crippen molar-refractivity contribution >= 4 is 0 Å². The van der Waals surface area contributed by atoms with E-state index in [1.54, 1.807) is 12.4 Å². The lowest BCUT2D eigenvalue weighted by atomic mass is 9.97. The third-order valence-electron chi connectivity index (χ3n) is 7.10. The van der Waals surface area contributed by atoms with Gasteiger partial charge in [-0.3, -0.25) is 0 Å². The summed E-state index contributed by atoms with van der Waals surface area (Å²) in [6, 6.07) is 8.56. The summed E-state index contributed by atoms with van der Waals surface area (Å²) in [7, 11) is 0. The molecule has 0 aliphatic rings. The molecule has 0 radical (unpaired) electrons. The number of aryl methyl sites for hydroxylation is 1. The third kappa shape index (κ3) is 13.4. The van der Waals surface area contributed by atoms with Gasteiger partial charge in [0.05, 0.1) is 12.4 Å². The van der Waals surface area contributed by atoms with Gasteiger partial charge < -0.3 is 4.74 Å². The van der Waals surface area contributed by atoms with Gasteiger partial charge in [-0.05, 0) is 30.7 Å². The minimum atomic E-state index is -0.943. The maximum Gasteiger partial charge on any atom is 0.159 e. The lowest BCUT2D eigenvalue weighted by Crippen LogP contribution is -2.13. The van der Waals surface area contributed by atoms with Crippen LogP contribution < -0.4 is 4.74 Å². The number of ether oxygens (including phenoxy) is 1. The van der Waals surface area contributed by atoms with Crippen LogP contribution in [0.25, 0.3) is 11.4 Å². The van der Waals surface area contributed by atoms with Crippen LogP contribution in [0.5, 0.6) is 5.75 Å². The van der Waals surface area contributed by atoms with Gasteiger partial charge in [-0.15, -0.1) is 0 Å². The first-order valence-electron chi connectivity index (χ1n) is 14.8. The van der Waals surface area contributed by atoms with E-state index in [4.69, 9.17) is 4.74 Å². The molecule has 2 aromatic rings. The molecule has 0 amide bonds. The molecular weight excluding hydrogens is 447 g/mol. The van der Waals surface area contributed by atoms with Crippen molar-refractivity contribution in [3.05, 3.63) is 42.2 Å². The molecule has 0 fully saturated rings. The molecule has 0 N–H and O–H groups in total. The summed E-state index contributed by atoms with van der Waals surface area (Å²) in [6.07, 6.45) is 22.0. The van der Waals surface area contributed by atoms with Crippen molar-refractivity contribution in [2.45, 2.75) is 130 Å². The van der Waals surface area contributed by atoms with Gasteiger partial charge in [0.15, 0.2) is 11.6 Å². The maximum absolute atomic E-state index is 14.2. The van der Waals surface area contributed by atoms with E-state index in [-0.39, 0.29) is 6.61 Å². The molecule has 2 rings (SSSR count). The molecule has 202 valence electrons. The van der Waals surface area contributed by atoms with E-state index in [1.807, 2.05) is 0 Å². The number of rotatable bonds is 21. The SMILES string of the molecule is CCCCCCCCCCCc1ccc(-c2ncc(OCC(F)CCCC(C)CCCC)cn2)cc1.